The molecule has 0 spiro atoms. The number of hydrogen-bond donors (Lipinski definition) is 1. The van der Waals surface area contributed by atoms with Gasteiger partial charge in [0.05, 0.1) is 12.8 Å². The van der Waals surface area contributed by atoms with Crippen molar-refractivity contribution < 1.29 is 14.6 Å². The molecule has 0 bridgehead atoms. The number of phenols is 1. The molecule has 0 fully saturated rings. The number of aryl methyl sites for hydroxylation is 1. The molecule has 1 aromatic carbocycles. The second-order valence-electron chi connectivity index (χ2n) is 4.97. The van der Waals surface area contributed by atoms with Crippen molar-refractivity contribution in [3.63, 3.8) is 0 Å². The van der Waals surface area contributed by atoms with Crippen LogP contribution in [-0.2, 0) is 16.0 Å². The van der Waals surface area contributed by atoms with Crippen LogP contribution < -0.4 is 0 Å². The Labute approximate surface area is 171 Å². The first-order valence-corrected chi connectivity index (χ1v) is 10.4. The van der Waals surface area contributed by atoms with Crippen molar-refractivity contribution >= 4 is 34.0 Å². The topological polar surface area (TPSA) is 59.4 Å². The second-order valence-corrected chi connectivity index (χ2v) is 7.36. The van der Waals surface area contributed by atoms with Crippen LogP contribution in [0.3, 0.4) is 0 Å². The Morgan fingerprint density at radius 1 is 1.30 bits per heavy atom. The van der Waals surface area contributed by atoms with Crippen LogP contribution in [0, 0.1) is 0 Å². The number of thiazole rings is 1. The van der Waals surface area contributed by atoms with E-state index in [0.717, 1.165) is 28.4 Å². The molecule has 4 nitrogen and oxygen atoms in total. The molecule has 148 valence electrons. The monoisotopic (exact) mass is 407 g/mol. The molecular formula is C21H29NO3S2. The fourth-order valence-electron chi connectivity index (χ4n) is 1.96. The molecule has 0 aliphatic heterocycles. The van der Waals surface area contributed by atoms with Gasteiger partial charge in [0.2, 0.25) is 0 Å². The van der Waals surface area contributed by atoms with Crippen molar-refractivity contribution in [3.8, 4) is 16.3 Å². The summed E-state index contributed by atoms with van der Waals surface area (Å²) in [5.41, 5.74) is 2.18. The number of carbonyl (C=O) groups is 1. The third-order valence-electron chi connectivity index (χ3n) is 3.22. The summed E-state index contributed by atoms with van der Waals surface area (Å²) in [4.78, 5) is 17.0. The first-order chi connectivity index (χ1) is 13.0. The first kappa shape index (κ1) is 24.9. The zero-order valence-corrected chi connectivity index (χ0v) is 18.4. The van der Waals surface area contributed by atoms with Gasteiger partial charge >= 0.3 is 5.97 Å². The highest BCUT2D eigenvalue weighted by Crippen LogP contribution is 2.36. The molecule has 1 aromatic heterocycles. The smallest absolute Gasteiger partial charge is 0.302 e. The van der Waals surface area contributed by atoms with Crippen molar-refractivity contribution in [1.29, 1.82) is 0 Å². The normalized spacial score (nSPS) is 10.2. The van der Waals surface area contributed by atoms with Crippen LogP contribution in [0.1, 0.15) is 38.3 Å². The van der Waals surface area contributed by atoms with Crippen molar-refractivity contribution in [2.24, 2.45) is 0 Å². The van der Waals surface area contributed by atoms with E-state index >= 15 is 0 Å². The Balaban J connectivity index is 0.000000838. The number of allylic oxidation sites excluding steroid dienone is 1. The minimum atomic E-state index is -0.245. The lowest BCUT2D eigenvalue weighted by Gasteiger charge is -2.03. The molecule has 1 heterocycles. The third kappa shape index (κ3) is 8.45. The summed E-state index contributed by atoms with van der Waals surface area (Å²) in [6.07, 6.45) is 3.13. The summed E-state index contributed by atoms with van der Waals surface area (Å²) in [6, 6.07) is 7.25. The SMILES string of the molecule is C/C=C(\SCC)c1nc(-c2ccc(O)cc2)sc1CC.C=C.COC(C)=O. The average molecular weight is 408 g/mol. The van der Waals surface area contributed by atoms with Crippen LogP contribution in [0.2, 0.25) is 0 Å². The Morgan fingerprint density at radius 3 is 2.26 bits per heavy atom. The zero-order valence-electron chi connectivity index (χ0n) is 16.7. The maximum Gasteiger partial charge on any atom is 0.302 e. The number of rotatable bonds is 5. The van der Waals surface area contributed by atoms with E-state index in [1.807, 2.05) is 23.9 Å². The molecule has 0 aliphatic carbocycles. The Hall–Kier alpha value is -2.05. The van der Waals surface area contributed by atoms with E-state index in [1.165, 1.54) is 23.8 Å². The molecule has 6 heteroatoms. The maximum absolute atomic E-state index is 9.59. The van der Waals surface area contributed by atoms with Crippen LogP contribution in [-0.4, -0.2) is 28.9 Å². The lowest BCUT2D eigenvalue weighted by molar-refractivity contribution is -0.137. The van der Waals surface area contributed by atoms with Crippen LogP contribution in [0.25, 0.3) is 15.5 Å². The number of esters is 1. The first-order valence-electron chi connectivity index (χ1n) is 8.59. The fraction of sp³-hybridized carbons (Fsp3) is 0.333. The minimum absolute atomic E-state index is 0.245. The third-order valence-corrected chi connectivity index (χ3v) is 5.49. The Kier molecular flexibility index (Phi) is 13.0. The largest absolute Gasteiger partial charge is 0.508 e. The fourth-order valence-corrected chi connectivity index (χ4v) is 3.82. The van der Waals surface area contributed by atoms with E-state index in [0.29, 0.717) is 0 Å². The molecule has 27 heavy (non-hydrogen) atoms. The van der Waals surface area contributed by atoms with E-state index in [2.05, 4.69) is 44.7 Å². The highest BCUT2D eigenvalue weighted by Gasteiger charge is 2.14. The van der Waals surface area contributed by atoms with Crippen LogP contribution >= 0.6 is 23.1 Å². The predicted molar refractivity (Wildman–Crippen MR) is 119 cm³/mol. The van der Waals surface area contributed by atoms with Crippen molar-refractivity contribution in [3.05, 3.63) is 54.1 Å². The number of aromatic nitrogens is 1. The molecule has 1 N–H and O–H groups in total. The van der Waals surface area contributed by atoms with Gasteiger partial charge < -0.3 is 9.84 Å². The van der Waals surface area contributed by atoms with E-state index < -0.39 is 0 Å². The number of thioether (sulfide) groups is 1. The predicted octanol–water partition coefficient (Wildman–Crippen LogP) is 6.17. The second kappa shape index (κ2) is 14.1. The number of phenolic OH excluding ortho intramolecular Hbond substituents is 1. The highest BCUT2D eigenvalue weighted by molar-refractivity contribution is 8.08. The van der Waals surface area contributed by atoms with Crippen LogP contribution in [0.4, 0.5) is 0 Å². The number of methoxy groups -OCH3 is 1. The molecule has 0 saturated heterocycles. The lowest BCUT2D eigenvalue weighted by atomic mass is 10.2. The van der Waals surface area contributed by atoms with Gasteiger partial charge in [-0.3, -0.25) is 4.79 Å². The molecule has 0 aliphatic rings. The molecular weight excluding hydrogens is 378 g/mol. The standard InChI is InChI=1S/C16H19NOS2.C3H6O2.C2H4/c1-4-13(19-6-3)15-14(5-2)20-16(17-15)11-7-9-12(18)10-8-11;1-3(4)5-2;1-2/h4,7-10,18H,5-6H2,1-3H3;1-2H3;1-2H2/b13-4-;;. The Morgan fingerprint density at radius 2 is 1.85 bits per heavy atom. The van der Waals surface area contributed by atoms with Gasteiger partial charge in [-0.25, -0.2) is 4.98 Å². The van der Waals surface area contributed by atoms with Gasteiger partial charge in [0.25, 0.3) is 0 Å². The number of aromatic hydroxyl groups is 1. The van der Waals surface area contributed by atoms with E-state index in [9.17, 15) is 9.90 Å². The number of ether oxygens (including phenoxy) is 1. The maximum atomic E-state index is 9.59. The van der Waals surface area contributed by atoms with E-state index in [1.54, 1.807) is 23.5 Å². The summed E-state index contributed by atoms with van der Waals surface area (Å²) in [5, 5.41) is 10.4. The quantitative estimate of drug-likeness (QED) is 0.474. The molecule has 0 radical (unpaired) electrons. The van der Waals surface area contributed by atoms with Gasteiger partial charge in [0.1, 0.15) is 10.8 Å². The molecule has 0 amide bonds. The average Bonchev–Trinajstić information content (AvgIpc) is 3.12. The van der Waals surface area contributed by atoms with Crippen molar-refractivity contribution in [1.82, 2.24) is 4.98 Å². The number of hydrogen-bond acceptors (Lipinski definition) is 6. The Bertz CT molecular complexity index is 722. The van der Waals surface area contributed by atoms with Gasteiger partial charge in [-0.2, -0.15) is 0 Å². The molecule has 0 unspecified atom stereocenters. The van der Waals surface area contributed by atoms with Crippen LogP contribution in [0.15, 0.2) is 43.5 Å². The van der Waals surface area contributed by atoms with E-state index in [-0.39, 0.29) is 11.7 Å². The zero-order chi connectivity index (χ0) is 20.8. The molecule has 0 atom stereocenters. The lowest BCUT2D eigenvalue weighted by Crippen LogP contribution is -1.88. The molecule has 0 saturated carbocycles. The number of benzene rings is 1. The summed E-state index contributed by atoms with van der Waals surface area (Å²) in [7, 11) is 1.35. The van der Waals surface area contributed by atoms with Gasteiger partial charge in [-0.05, 0) is 43.4 Å². The van der Waals surface area contributed by atoms with Gasteiger partial charge in [-0.1, -0.05) is 19.9 Å². The summed E-state index contributed by atoms with van der Waals surface area (Å²) in [5.74, 6) is 1.09. The van der Waals surface area contributed by atoms with Crippen LogP contribution in [0.5, 0.6) is 5.75 Å². The number of carbonyl (C=O) groups excluding carboxylic acids is 1. The van der Waals surface area contributed by atoms with Gasteiger partial charge in [-0.15, -0.1) is 36.3 Å². The van der Waals surface area contributed by atoms with E-state index in [4.69, 9.17) is 4.98 Å². The van der Waals surface area contributed by atoms with Gasteiger partial charge in [0.15, 0.2) is 0 Å². The van der Waals surface area contributed by atoms with Crippen molar-refractivity contribution in [2.75, 3.05) is 12.9 Å². The highest BCUT2D eigenvalue weighted by atomic mass is 32.2. The molecule has 2 rings (SSSR count). The van der Waals surface area contributed by atoms with Crippen molar-refractivity contribution in [2.45, 2.75) is 34.1 Å². The summed E-state index contributed by atoms with van der Waals surface area (Å²) >= 11 is 3.58. The molecule has 2 aromatic rings. The minimum Gasteiger partial charge on any atom is -0.508 e. The summed E-state index contributed by atoms with van der Waals surface area (Å²) in [6.45, 7) is 13.8. The summed E-state index contributed by atoms with van der Waals surface area (Å²) < 4.78 is 4.11. The van der Waals surface area contributed by atoms with Gasteiger partial charge in [0, 0.05) is 22.3 Å². The number of nitrogens with zero attached hydrogens (tertiary/aromatic N) is 1.